The molecule has 0 atom stereocenters. The molecule has 1 saturated carbocycles. The molecule has 1 saturated heterocycles. The molecule has 0 amide bonds. The summed E-state index contributed by atoms with van der Waals surface area (Å²) in [7, 11) is 0. The Morgan fingerprint density at radius 3 is 2.04 bits per heavy atom. The fraction of sp³-hybridized carbons (Fsp3) is 1.00. The minimum absolute atomic E-state index is 0.119. The Labute approximate surface area is 144 Å². The molecule has 2 aliphatic rings. The molecule has 1 aliphatic heterocycles. The first-order valence-electron chi connectivity index (χ1n) is 9.78. The average molecular weight is 350 g/mol. The highest BCUT2D eigenvalue weighted by molar-refractivity contribution is 4.77. The van der Waals surface area contributed by atoms with Gasteiger partial charge in [-0.2, -0.15) is 13.2 Å². The molecule has 0 unspecified atom stereocenters. The van der Waals surface area contributed by atoms with E-state index in [-0.39, 0.29) is 18.6 Å². The summed E-state index contributed by atoms with van der Waals surface area (Å²) in [6.45, 7) is 3.35. The van der Waals surface area contributed by atoms with Crippen LogP contribution in [0.5, 0.6) is 0 Å². The predicted molar refractivity (Wildman–Crippen MR) is 88.7 cm³/mol. The molecule has 0 radical (unpaired) electrons. The first-order chi connectivity index (χ1) is 11.5. The van der Waals surface area contributed by atoms with Crippen molar-refractivity contribution in [3.05, 3.63) is 0 Å². The van der Waals surface area contributed by atoms with Crippen molar-refractivity contribution in [2.45, 2.75) is 90.0 Å². The smallest absolute Gasteiger partial charge is 0.352 e. The fourth-order valence-corrected chi connectivity index (χ4v) is 4.02. The first kappa shape index (κ1) is 20.0. The number of alkyl halides is 3. The van der Waals surface area contributed by atoms with Crippen LogP contribution >= 0.6 is 0 Å². The number of halogens is 3. The maximum absolute atomic E-state index is 12.2. The zero-order chi connectivity index (χ0) is 17.4. The molecule has 5 heteroatoms. The van der Waals surface area contributed by atoms with Crippen LogP contribution in [0.15, 0.2) is 0 Å². The lowest BCUT2D eigenvalue weighted by atomic mass is 9.79. The molecule has 2 nitrogen and oxygen atoms in total. The number of unbranched alkanes of at least 4 members (excludes halogenated alkanes) is 2. The predicted octanol–water partition coefficient (Wildman–Crippen LogP) is 6.09. The van der Waals surface area contributed by atoms with E-state index in [1.54, 1.807) is 0 Å². The topological polar surface area (TPSA) is 18.5 Å². The van der Waals surface area contributed by atoms with E-state index in [1.807, 2.05) is 0 Å². The van der Waals surface area contributed by atoms with Crippen molar-refractivity contribution >= 4 is 0 Å². The van der Waals surface area contributed by atoms with Crippen molar-refractivity contribution in [3.8, 4) is 0 Å². The summed E-state index contributed by atoms with van der Waals surface area (Å²) in [6.07, 6.45) is 6.04. The molecule has 0 aromatic heterocycles. The zero-order valence-corrected chi connectivity index (χ0v) is 15.0. The molecule has 0 spiro atoms. The third kappa shape index (κ3) is 7.30. The maximum atomic E-state index is 12.2. The van der Waals surface area contributed by atoms with Crippen LogP contribution in [-0.4, -0.2) is 25.7 Å². The molecule has 24 heavy (non-hydrogen) atoms. The Morgan fingerprint density at radius 2 is 1.46 bits per heavy atom. The zero-order valence-electron chi connectivity index (χ0n) is 15.0. The minimum Gasteiger partial charge on any atom is -0.352 e. The van der Waals surface area contributed by atoms with Gasteiger partial charge in [0.2, 0.25) is 0 Å². The Bertz CT molecular complexity index is 330. The summed E-state index contributed by atoms with van der Waals surface area (Å²) < 4.78 is 48.2. The Hall–Kier alpha value is -0.290. The Kier molecular flexibility index (Phi) is 8.35. The number of hydrogen-bond acceptors (Lipinski definition) is 2. The third-order valence-electron chi connectivity index (χ3n) is 5.56. The van der Waals surface area contributed by atoms with Gasteiger partial charge in [0.15, 0.2) is 6.29 Å². The summed E-state index contributed by atoms with van der Waals surface area (Å²) in [5.74, 6) is 1.46. The van der Waals surface area contributed by atoms with E-state index < -0.39 is 12.6 Å². The van der Waals surface area contributed by atoms with Gasteiger partial charge in [0.25, 0.3) is 0 Å². The van der Waals surface area contributed by atoms with Crippen molar-refractivity contribution in [3.63, 3.8) is 0 Å². The second-order valence-electron chi connectivity index (χ2n) is 7.69. The number of ether oxygens (including phenoxy) is 2. The van der Waals surface area contributed by atoms with Gasteiger partial charge >= 0.3 is 6.18 Å². The van der Waals surface area contributed by atoms with Crippen molar-refractivity contribution in [1.82, 2.24) is 0 Å². The molecule has 142 valence electrons. The van der Waals surface area contributed by atoms with Crippen LogP contribution in [0.4, 0.5) is 13.2 Å². The lowest BCUT2D eigenvalue weighted by molar-refractivity contribution is -0.230. The van der Waals surface area contributed by atoms with Crippen LogP contribution in [-0.2, 0) is 9.47 Å². The minimum atomic E-state index is -4.05. The second-order valence-corrected chi connectivity index (χ2v) is 7.69. The summed E-state index contributed by atoms with van der Waals surface area (Å²) in [5, 5.41) is 0. The lowest BCUT2D eigenvalue weighted by Crippen LogP contribution is -2.38. The molecule has 1 heterocycles. The third-order valence-corrected chi connectivity index (χ3v) is 5.56. The molecular weight excluding hydrogens is 317 g/mol. The van der Waals surface area contributed by atoms with Gasteiger partial charge in [-0.05, 0) is 44.4 Å². The highest BCUT2D eigenvalue weighted by atomic mass is 19.4. The van der Waals surface area contributed by atoms with Gasteiger partial charge in [0.05, 0.1) is 13.2 Å². The summed E-state index contributed by atoms with van der Waals surface area (Å²) >= 11 is 0. The fourth-order valence-electron chi connectivity index (χ4n) is 4.02. The second kappa shape index (κ2) is 10.0. The van der Waals surface area contributed by atoms with E-state index in [1.165, 1.54) is 51.4 Å². The molecular formula is C19H33F3O2. The van der Waals surface area contributed by atoms with Crippen LogP contribution in [0.3, 0.4) is 0 Å². The van der Waals surface area contributed by atoms with Crippen LogP contribution in [0.2, 0.25) is 0 Å². The van der Waals surface area contributed by atoms with Gasteiger partial charge < -0.3 is 9.47 Å². The van der Waals surface area contributed by atoms with Gasteiger partial charge in [0.1, 0.15) is 0 Å². The molecule has 0 bridgehead atoms. The SMILES string of the molecule is CCCCCC1CCC([C@H]2OC[C@H](CCCC(F)(F)F)CO2)CC1. The van der Waals surface area contributed by atoms with Gasteiger partial charge in [-0.25, -0.2) is 0 Å². The highest BCUT2D eigenvalue weighted by Gasteiger charge is 2.33. The maximum Gasteiger partial charge on any atom is 0.389 e. The molecule has 1 aliphatic carbocycles. The van der Waals surface area contributed by atoms with E-state index in [2.05, 4.69) is 6.92 Å². The van der Waals surface area contributed by atoms with Crippen molar-refractivity contribution in [2.75, 3.05) is 13.2 Å². The van der Waals surface area contributed by atoms with Gasteiger partial charge in [0, 0.05) is 18.3 Å². The molecule has 2 rings (SSSR count). The monoisotopic (exact) mass is 350 g/mol. The quantitative estimate of drug-likeness (QED) is 0.493. The Morgan fingerprint density at radius 1 is 0.833 bits per heavy atom. The van der Waals surface area contributed by atoms with E-state index in [0.29, 0.717) is 25.6 Å². The summed E-state index contributed by atoms with van der Waals surface area (Å²) in [4.78, 5) is 0. The van der Waals surface area contributed by atoms with Gasteiger partial charge in [-0.15, -0.1) is 0 Å². The molecule has 0 aromatic carbocycles. The number of rotatable bonds is 8. The molecule has 0 aromatic rings. The Balaban J connectivity index is 1.58. The van der Waals surface area contributed by atoms with E-state index in [4.69, 9.17) is 9.47 Å². The standard InChI is InChI=1S/C19H33F3O2/c1-2-3-4-6-15-8-10-17(11-9-15)18-23-13-16(14-24-18)7-5-12-19(20,21)22/h15-18H,2-14H2,1H3/t15?,16-,17?,18-. The summed E-state index contributed by atoms with van der Waals surface area (Å²) in [5.41, 5.74) is 0. The van der Waals surface area contributed by atoms with Crippen molar-refractivity contribution in [1.29, 1.82) is 0 Å². The first-order valence-corrected chi connectivity index (χ1v) is 9.78. The summed E-state index contributed by atoms with van der Waals surface area (Å²) in [6, 6.07) is 0. The lowest BCUT2D eigenvalue weighted by Gasteiger charge is -2.37. The van der Waals surface area contributed by atoms with Crippen LogP contribution < -0.4 is 0 Å². The normalized spacial score (nSPS) is 32.0. The van der Waals surface area contributed by atoms with Crippen LogP contribution in [0, 0.1) is 17.8 Å². The van der Waals surface area contributed by atoms with Crippen LogP contribution in [0.1, 0.15) is 77.6 Å². The van der Waals surface area contributed by atoms with Gasteiger partial charge in [-0.1, -0.05) is 32.6 Å². The van der Waals surface area contributed by atoms with E-state index >= 15 is 0 Å². The van der Waals surface area contributed by atoms with E-state index in [0.717, 1.165) is 5.92 Å². The molecule has 0 N–H and O–H groups in total. The van der Waals surface area contributed by atoms with Crippen LogP contribution in [0.25, 0.3) is 0 Å². The highest BCUT2D eigenvalue weighted by Crippen LogP contribution is 2.36. The molecule has 2 fully saturated rings. The largest absolute Gasteiger partial charge is 0.389 e. The van der Waals surface area contributed by atoms with Crippen molar-refractivity contribution < 1.29 is 22.6 Å². The van der Waals surface area contributed by atoms with Gasteiger partial charge in [-0.3, -0.25) is 0 Å². The van der Waals surface area contributed by atoms with E-state index in [9.17, 15) is 13.2 Å². The average Bonchev–Trinajstić information content (AvgIpc) is 2.55. The number of hydrogen-bond donors (Lipinski definition) is 0. The van der Waals surface area contributed by atoms with Crippen molar-refractivity contribution in [2.24, 2.45) is 17.8 Å².